The van der Waals surface area contributed by atoms with Crippen LogP contribution in [-0.2, 0) is 22.1 Å². The van der Waals surface area contributed by atoms with Crippen LogP contribution in [0.3, 0.4) is 0 Å². The molecule has 6 N–H and O–H groups in total. The number of allylic oxidation sites excluding steroid dienone is 2. The van der Waals surface area contributed by atoms with Gasteiger partial charge in [0.05, 0.1) is 36.6 Å². The van der Waals surface area contributed by atoms with E-state index in [1.54, 1.807) is 30.5 Å². The predicted molar refractivity (Wildman–Crippen MR) is 157 cm³/mol. The Labute approximate surface area is 253 Å². The van der Waals surface area contributed by atoms with Gasteiger partial charge in [-0.25, -0.2) is 14.2 Å². The third-order valence-corrected chi connectivity index (χ3v) is 6.99. The van der Waals surface area contributed by atoms with Crippen LogP contribution in [0, 0.1) is 11.3 Å². The number of rotatable bonds is 10. The second-order valence-electron chi connectivity index (χ2n) is 9.80. The number of halogens is 3. The molecule has 0 aromatic heterocycles. The number of hydrogen-bond acceptors (Lipinski definition) is 7. The van der Waals surface area contributed by atoms with E-state index < -0.39 is 29.8 Å². The number of guanidine groups is 1. The SMILES string of the molecule is C/C=C\C(=C/NCCCc1cc(C#N)ccc1[C@@H]1C(C(=O)OC)=C(C)[N+](c2cccc(C(F)(F)F)c2)=C(N)N1C(N)=O)CO. The topological polar surface area (TPSA) is 158 Å². The number of hydrogen-bond donors (Lipinski definition) is 4. The summed E-state index contributed by atoms with van der Waals surface area (Å²) in [6, 6.07) is 8.79. The zero-order valence-electron chi connectivity index (χ0n) is 24.5. The van der Waals surface area contributed by atoms with Gasteiger partial charge in [-0.05, 0) is 73.7 Å². The van der Waals surface area contributed by atoms with Gasteiger partial charge in [-0.1, -0.05) is 24.3 Å². The smallest absolute Gasteiger partial charge is 0.416 e. The summed E-state index contributed by atoms with van der Waals surface area (Å²) in [5.74, 6) is -1.18. The van der Waals surface area contributed by atoms with Gasteiger partial charge in [0, 0.05) is 12.7 Å². The maximum atomic E-state index is 13.6. The molecule has 0 spiro atoms. The largest absolute Gasteiger partial charge is 0.465 e. The Balaban J connectivity index is 2.16. The molecule has 1 aliphatic heterocycles. The molecule has 0 unspecified atom stereocenters. The first-order chi connectivity index (χ1) is 20.9. The zero-order chi connectivity index (χ0) is 32.6. The molecule has 10 nitrogen and oxygen atoms in total. The molecule has 0 radical (unpaired) electrons. The lowest BCUT2D eigenvalue weighted by atomic mass is 9.88. The van der Waals surface area contributed by atoms with E-state index in [1.165, 1.54) is 25.1 Å². The van der Waals surface area contributed by atoms with Gasteiger partial charge in [-0.3, -0.25) is 5.73 Å². The number of carbonyl (C=O) groups is 2. The Morgan fingerprint density at radius 1 is 1.25 bits per heavy atom. The first-order valence-corrected chi connectivity index (χ1v) is 13.6. The number of benzene rings is 2. The molecule has 13 heteroatoms. The minimum absolute atomic E-state index is 0.0553. The number of esters is 1. The summed E-state index contributed by atoms with van der Waals surface area (Å²) in [5, 5.41) is 22.1. The lowest BCUT2D eigenvalue weighted by Gasteiger charge is -2.33. The average Bonchev–Trinajstić information content (AvgIpc) is 2.99. The van der Waals surface area contributed by atoms with E-state index in [2.05, 4.69) is 11.4 Å². The Morgan fingerprint density at radius 2 is 1.98 bits per heavy atom. The van der Waals surface area contributed by atoms with Crippen LogP contribution in [0.4, 0.5) is 23.7 Å². The number of amides is 2. The van der Waals surface area contributed by atoms with E-state index in [9.17, 15) is 33.1 Å². The van der Waals surface area contributed by atoms with Crippen LogP contribution in [0.25, 0.3) is 0 Å². The molecule has 1 atom stereocenters. The second kappa shape index (κ2) is 14.4. The Hall–Kier alpha value is -5.09. The third-order valence-electron chi connectivity index (χ3n) is 6.99. The van der Waals surface area contributed by atoms with Crippen molar-refractivity contribution in [2.24, 2.45) is 11.5 Å². The number of nitrogens with zero attached hydrogens (tertiary/aromatic N) is 3. The van der Waals surface area contributed by atoms with Gasteiger partial charge >= 0.3 is 24.1 Å². The fraction of sp³-hybridized carbons (Fsp3) is 0.290. The van der Waals surface area contributed by atoms with Crippen molar-refractivity contribution in [3.63, 3.8) is 0 Å². The van der Waals surface area contributed by atoms with Crippen LogP contribution in [-0.4, -0.2) is 52.8 Å². The van der Waals surface area contributed by atoms with E-state index in [0.717, 1.165) is 28.7 Å². The maximum absolute atomic E-state index is 13.6. The normalized spacial score (nSPS) is 15.9. The molecule has 0 bridgehead atoms. The van der Waals surface area contributed by atoms with Crippen molar-refractivity contribution in [2.75, 3.05) is 20.3 Å². The van der Waals surface area contributed by atoms with Gasteiger partial charge in [-0.2, -0.15) is 23.3 Å². The Morgan fingerprint density at radius 3 is 2.57 bits per heavy atom. The summed E-state index contributed by atoms with van der Waals surface area (Å²) < 4.78 is 46.9. The molecule has 2 aromatic carbocycles. The minimum atomic E-state index is -4.66. The van der Waals surface area contributed by atoms with Crippen molar-refractivity contribution in [3.05, 3.63) is 99.9 Å². The molecule has 0 saturated heterocycles. The molecule has 0 aliphatic carbocycles. The molecule has 44 heavy (non-hydrogen) atoms. The highest BCUT2D eigenvalue weighted by molar-refractivity contribution is 5.99. The molecule has 3 rings (SSSR count). The number of aliphatic hydroxyl groups excluding tert-OH is 1. The highest BCUT2D eigenvalue weighted by Gasteiger charge is 2.47. The molecule has 0 saturated carbocycles. The number of nitriles is 1. The Bertz CT molecular complexity index is 1590. The summed E-state index contributed by atoms with van der Waals surface area (Å²) >= 11 is 0. The predicted octanol–water partition coefficient (Wildman–Crippen LogP) is 4.09. The fourth-order valence-corrected chi connectivity index (χ4v) is 5.01. The highest BCUT2D eigenvalue weighted by atomic mass is 19.4. The summed E-state index contributed by atoms with van der Waals surface area (Å²) in [6.07, 6.45) is 1.50. The monoisotopic (exact) mass is 611 g/mol. The quantitative estimate of drug-likeness (QED) is 0.136. The van der Waals surface area contributed by atoms with Crippen molar-refractivity contribution >= 4 is 23.6 Å². The molecular formula is C31H34F3N6O4+. The van der Waals surface area contributed by atoms with Crippen molar-refractivity contribution < 1.29 is 37.2 Å². The van der Waals surface area contributed by atoms with Crippen LogP contribution in [0.1, 0.15) is 48.6 Å². The third kappa shape index (κ3) is 7.27. The van der Waals surface area contributed by atoms with E-state index in [4.69, 9.17) is 16.2 Å². The molecule has 232 valence electrons. The van der Waals surface area contributed by atoms with Gasteiger partial charge in [0.15, 0.2) is 0 Å². The van der Waals surface area contributed by atoms with Gasteiger partial charge in [0.2, 0.25) is 0 Å². The number of carbonyl (C=O) groups excluding carboxylic acids is 2. The molecule has 2 aromatic rings. The zero-order valence-corrected chi connectivity index (χ0v) is 24.5. The van der Waals surface area contributed by atoms with Crippen molar-refractivity contribution in [2.45, 2.75) is 38.9 Å². The fourth-order valence-electron chi connectivity index (χ4n) is 5.01. The van der Waals surface area contributed by atoms with Crippen molar-refractivity contribution in [3.8, 4) is 6.07 Å². The molecule has 1 aliphatic rings. The van der Waals surface area contributed by atoms with Gasteiger partial charge < -0.3 is 20.9 Å². The van der Waals surface area contributed by atoms with Crippen LogP contribution in [0.15, 0.2) is 77.7 Å². The first-order valence-electron chi connectivity index (χ1n) is 13.6. The molecule has 2 amide bonds. The summed E-state index contributed by atoms with van der Waals surface area (Å²) in [4.78, 5) is 27.2. The Kier molecular flexibility index (Phi) is 10.9. The molecule has 1 heterocycles. The lowest BCUT2D eigenvalue weighted by Crippen LogP contribution is -2.54. The summed E-state index contributed by atoms with van der Waals surface area (Å²) in [6.45, 7) is 3.65. The number of aryl methyl sites for hydroxylation is 1. The summed E-state index contributed by atoms with van der Waals surface area (Å²) in [5.41, 5.74) is 13.3. The van der Waals surface area contributed by atoms with Gasteiger partial charge in [0.1, 0.15) is 17.3 Å². The van der Waals surface area contributed by atoms with Gasteiger partial charge in [-0.15, -0.1) is 0 Å². The van der Waals surface area contributed by atoms with Crippen LogP contribution in [0.5, 0.6) is 0 Å². The van der Waals surface area contributed by atoms with Crippen LogP contribution in [0.2, 0.25) is 0 Å². The van der Waals surface area contributed by atoms with Crippen LogP contribution >= 0.6 is 0 Å². The van der Waals surface area contributed by atoms with Crippen molar-refractivity contribution in [1.82, 2.24) is 10.2 Å². The van der Waals surface area contributed by atoms with E-state index >= 15 is 0 Å². The number of ether oxygens (including phenoxy) is 1. The lowest BCUT2D eigenvalue weighted by molar-refractivity contribution is -0.396. The molecule has 0 fully saturated rings. The number of nitrogens with one attached hydrogen (secondary N) is 1. The number of alkyl halides is 3. The van der Waals surface area contributed by atoms with E-state index in [0.29, 0.717) is 41.6 Å². The second-order valence-corrected chi connectivity index (χ2v) is 9.80. The van der Waals surface area contributed by atoms with Crippen molar-refractivity contribution in [1.29, 1.82) is 5.26 Å². The van der Waals surface area contributed by atoms with E-state index in [1.807, 2.05) is 6.92 Å². The van der Waals surface area contributed by atoms with Crippen LogP contribution < -0.4 is 16.8 Å². The first kappa shape index (κ1) is 33.4. The highest BCUT2D eigenvalue weighted by Crippen LogP contribution is 2.40. The van der Waals surface area contributed by atoms with Gasteiger partial charge in [0.25, 0.3) is 0 Å². The summed E-state index contributed by atoms with van der Waals surface area (Å²) in [7, 11) is 1.14. The maximum Gasteiger partial charge on any atom is 0.416 e. The minimum Gasteiger partial charge on any atom is -0.465 e. The number of urea groups is 1. The standard InChI is InChI=1S/C31H33F3N6O4/c1-4-7-21(18-41)17-38-13-6-8-22-14-20(16-35)11-12-25(22)27-26(28(42)44-3)19(2)39(29(36)40(27)30(37)43)24-10-5-9-23(15-24)31(32,33)34/h4-5,7,9-12,14-15,17,27,36,38,41H,6,8,13,18H2,1-3H3,(H2,37,43)/p+1/b7-4-,21-17+/t27-/m1/s1. The number of aliphatic hydroxyl groups is 1. The number of primary amides is 1. The number of nitrogens with two attached hydrogens (primary N) is 2. The van der Waals surface area contributed by atoms with E-state index in [-0.39, 0.29) is 29.5 Å². The molecular weight excluding hydrogens is 577 g/mol. The number of methoxy groups -OCH3 is 1. The average molecular weight is 612 g/mol.